The molecule has 9 heteroatoms. The fourth-order valence-corrected chi connectivity index (χ4v) is 6.56. The van der Waals surface area contributed by atoms with E-state index >= 15 is 0 Å². The molecular formula is C21H37N5O3S. The van der Waals surface area contributed by atoms with Crippen molar-refractivity contribution < 1.29 is 14.7 Å². The molecule has 2 aliphatic rings. The third kappa shape index (κ3) is 3.60. The first-order valence-electron chi connectivity index (χ1n) is 10.6. The Bertz CT molecular complexity index is 823. The normalized spacial score (nSPS) is 21.0. The van der Waals surface area contributed by atoms with Crippen LogP contribution in [-0.4, -0.2) is 68.3 Å². The molecule has 0 saturated heterocycles. The fraction of sp³-hybridized carbons (Fsp3) is 0.762. The zero-order chi connectivity index (χ0) is 22.5. The summed E-state index contributed by atoms with van der Waals surface area (Å²) < 4.78 is -0.296. The Morgan fingerprint density at radius 1 is 1.27 bits per heavy atom. The van der Waals surface area contributed by atoms with E-state index in [0.29, 0.717) is 12.4 Å². The van der Waals surface area contributed by atoms with Gasteiger partial charge < -0.3 is 20.6 Å². The molecule has 0 bridgehead atoms. The quantitative estimate of drug-likeness (QED) is 0.546. The van der Waals surface area contributed by atoms with Gasteiger partial charge in [-0.15, -0.1) is 0 Å². The van der Waals surface area contributed by atoms with Crippen LogP contribution in [0.25, 0.3) is 0 Å². The third-order valence-electron chi connectivity index (χ3n) is 7.00. The van der Waals surface area contributed by atoms with Crippen LogP contribution in [0.5, 0.6) is 0 Å². The number of carbonyl (C=O) groups excluding carboxylic acids is 2. The van der Waals surface area contributed by atoms with Gasteiger partial charge in [0.05, 0.1) is 35.2 Å². The molecule has 1 atom stereocenters. The zero-order valence-electron chi connectivity index (χ0n) is 19.3. The number of aromatic amines is 1. The molecule has 1 aliphatic carbocycles. The minimum Gasteiger partial charge on any atom is -0.394 e. The van der Waals surface area contributed by atoms with Crippen molar-refractivity contribution in [3.63, 3.8) is 0 Å². The Morgan fingerprint density at radius 3 is 2.37 bits per heavy atom. The molecule has 170 valence electrons. The summed E-state index contributed by atoms with van der Waals surface area (Å²) in [6.45, 7) is 8.08. The lowest BCUT2D eigenvalue weighted by Crippen LogP contribution is -2.52. The zero-order valence-corrected chi connectivity index (χ0v) is 20.1. The molecule has 1 aliphatic heterocycles. The summed E-state index contributed by atoms with van der Waals surface area (Å²) in [5.41, 5.74) is 1.09. The fourth-order valence-electron chi connectivity index (χ4n) is 4.44. The van der Waals surface area contributed by atoms with Crippen molar-refractivity contribution >= 4 is 27.8 Å². The second kappa shape index (κ2) is 7.75. The van der Waals surface area contributed by atoms with Crippen molar-refractivity contribution in [1.82, 2.24) is 20.4 Å². The summed E-state index contributed by atoms with van der Waals surface area (Å²) >= 11 is 0. The number of fused-ring (bicyclic) bond motifs is 1. The van der Waals surface area contributed by atoms with Crippen LogP contribution < -0.4 is 10.6 Å². The number of anilines is 1. The summed E-state index contributed by atoms with van der Waals surface area (Å²) in [7, 11) is -1.06. The van der Waals surface area contributed by atoms with E-state index in [4.69, 9.17) is 0 Å². The molecule has 0 radical (unpaired) electrons. The van der Waals surface area contributed by atoms with Crippen LogP contribution in [0.15, 0.2) is 0 Å². The van der Waals surface area contributed by atoms with Crippen molar-refractivity contribution in [2.24, 2.45) is 5.92 Å². The third-order valence-corrected chi connectivity index (χ3v) is 9.94. The summed E-state index contributed by atoms with van der Waals surface area (Å²) in [6.07, 6.45) is 9.51. The summed E-state index contributed by atoms with van der Waals surface area (Å²) in [4.78, 5) is 27.9. The standard InChI is InChI=1S/C21H37N5O3S/c1-13(2)15(12-27)22-19(29)26-11-14-16(20(26,3)4)24-25-17(14)23-18(28)21(9-8-10-21)30(5,6)7/h13,15,27H,8-12H2,1-7H3,(H,22,29)(H2,23,24,25,28). The number of carbonyl (C=O) groups is 2. The van der Waals surface area contributed by atoms with Gasteiger partial charge in [0.15, 0.2) is 5.82 Å². The second-order valence-electron chi connectivity index (χ2n) is 10.2. The maximum absolute atomic E-state index is 13.2. The van der Waals surface area contributed by atoms with Crippen LogP contribution in [0.4, 0.5) is 10.6 Å². The van der Waals surface area contributed by atoms with Crippen LogP contribution >= 0.6 is 10.0 Å². The maximum atomic E-state index is 13.2. The topological polar surface area (TPSA) is 110 Å². The molecule has 4 N–H and O–H groups in total. The van der Waals surface area contributed by atoms with Gasteiger partial charge in [0.2, 0.25) is 5.91 Å². The van der Waals surface area contributed by atoms with Gasteiger partial charge in [-0.2, -0.15) is 5.10 Å². The van der Waals surface area contributed by atoms with Gasteiger partial charge in [-0.3, -0.25) is 9.89 Å². The van der Waals surface area contributed by atoms with E-state index in [9.17, 15) is 14.7 Å². The van der Waals surface area contributed by atoms with E-state index in [1.54, 1.807) is 4.90 Å². The van der Waals surface area contributed by atoms with Gasteiger partial charge >= 0.3 is 6.03 Å². The molecule has 0 aromatic carbocycles. The number of nitrogens with zero attached hydrogens (tertiary/aromatic N) is 2. The largest absolute Gasteiger partial charge is 0.394 e. The highest BCUT2D eigenvalue weighted by Crippen LogP contribution is 2.60. The Hall–Kier alpha value is -1.74. The molecule has 3 rings (SSSR count). The van der Waals surface area contributed by atoms with Gasteiger partial charge in [-0.05, 0) is 57.8 Å². The highest BCUT2D eigenvalue weighted by molar-refractivity contribution is 8.33. The van der Waals surface area contributed by atoms with Crippen molar-refractivity contribution in [2.45, 2.75) is 69.8 Å². The minimum atomic E-state index is -1.06. The number of aromatic nitrogens is 2. The molecule has 1 aromatic rings. The molecule has 8 nitrogen and oxygen atoms in total. The van der Waals surface area contributed by atoms with E-state index in [0.717, 1.165) is 30.5 Å². The second-order valence-corrected chi connectivity index (χ2v) is 14.6. The lowest BCUT2D eigenvalue weighted by molar-refractivity contribution is -0.120. The van der Waals surface area contributed by atoms with Crippen LogP contribution in [0.2, 0.25) is 0 Å². The van der Waals surface area contributed by atoms with Crippen molar-refractivity contribution in [3.8, 4) is 0 Å². The number of amides is 3. The Kier molecular flexibility index (Phi) is 5.92. The molecule has 3 amide bonds. The van der Waals surface area contributed by atoms with E-state index in [2.05, 4.69) is 39.6 Å². The van der Waals surface area contributed by atoms with Crippen LogP contribution in [0, 0.1) is 5.92 Å². The van der Waals surface area contributed by atoms with E-state index < -0.39 is 15.6 Å². The molecule has 2 heterocycles. The van der Waals surface area contributed by atoms with Gasteiger partial charge in [0.1, 0.15) is 0 Å². The first-order chi connectivity index (χ1) is 13.8. The van der Waals surface area contributed by atoms with Gasteiger partial charge in [0, 0.05) is 5.56 Å². The summed E-state index contributed by atoms with van der Waals surface area (Å²) in [6, 6.07) is -0.540. The smallest absolute Gasteiger partial charge is 0.318 e. The van der Waals surface area contributed by atoms with E-state index in [1.807, 2.05) is 27.7 Å². The predicted molar refractivity (Wildman–Crippen MR) is 122 cm³/mol. The molecule has 30 heavy (non-hydrogen) atoms. The number of urea groups is 1. The summed E-state index contributed by atoms with van der Waals surface area (Å²) in [5.74, 6) is 0.694. The van der Waals surface area contributed by atoms with Crippen molar-refractivity contribution in [3.05, 3.63) is 11.3 Å². The van der Waals surface area contributed by atoms with Gasteiger partial charge in [-0.25, -0.2) is 14.8 Å². The summed E-state index contributed by atoms with van der Waals surface area (Å²) in [5, 5.41) is 23.0. The lowest BCUT2D eigenvalue weighted by Gasteiger charge is -2.53. The maximum Gasteiger partial charge on any atom is 0.318 e. The number of aliphatic hydroxyl groups excluding tert-OH is 1. The van der Waals surface area contributed by atoms with Crippen LogP contribution in [0.3, 0.4) is 0 Å². The molecular weight excluding hydrogens is 402 g/mol. The highest BCUT2D eigenvalue weighted by atomic mass is 32.3. The molecule has 1 aromatic heterocycles. The number of nitrogens with one attached hydrogen (secondary N) is 3. The van der Waals surface area contributed by atoms with Gasteiger partial charge in [-0.1, -0.05) is 13.8 Å². The minimum absolute atomic E-state index is 0.0476. The average Bonchev–Trinajstić information content (AvgIpc) is 3.08. The number of hydrogen-bond acceptors (Lipinski definition) is 4. The average molecular weight is 440 g/mol. The van der Waals surface area contributed by atoms with E-state index in [1.165, 1.54) is 0 Å². The lowest BCUT2D eigenvalue weighted by atomic mass is 9.83. The predicted octanol–water partition coefficient (Wildman–Crippen LogP) is 2.74. The number of H-pyrrole nitrogens is 1. The molecule has 1 fully saturated rings. The Morgan fingerprint density at radius 2 is 1.90 bits per heavy atom. The number of hydrogen-bond donors (Lipinski definition) is 4. The van der Waals surface area contributed by atoms with Gasteiger partial charge in [0.25, 0.3) is 0 Å². The highest BCUT2D eigenvalue weighted by Gasteiger charge is 2.51. The Balaban J connectivity index is 1.80. The first kappa shape index (κ1) is 22.9. The molecule has 1 saturated carbocycles. The number of aliphatic hydroxyl groups is 1. The number of rotatable bonds is 6. The van der Waals surface area contributed by atoms with Crippen molar-refractivity contribution in [2.75, 3.05) is 30.7 Å². The van der Waals surface area contributed by atoms with Crippen LogP contribution in [0.1, 0.15) is 58.2 Å². The van der Waals surface area contributed by atoms with E-state index in [-0.39, 0.29) is 35.3 Å². The first-order valence-corrected chi connectivity index (χ1v) is 13.5. The van der Waals surface area contributed by atoms with Crippen molar-refractivity contribution in [1.29, 1.82) is 0 Å². The molecule has 1 unspecified atom stereocenters. The Labute approximate surface area is 180 Å². The SMILES string of the molecule is CC(C)C(CO)NC(=O)N1Cc2c(NC(=O)C3(S(C)(C)C)CCC3)n[nH]c2C1(C)C. The van der Waals surface area contributed by atoms with Crippen LogP contribution in [-0.2, 0) is 16.9 Å². The molecule has 0 spiro atoms. The monoisotopic (exact) mass is 439 g/mol.